The standard InChI is InChI=1S/C25H30F3N5O2/c1-5-21(22-29-19-13-9-7-11-17(19)23(34)32(22)6-2)33(16-15-31(3)4)24(35)30-20-14-10-8-12-18(20)25(26,27)28/h7-14,21H,5-6,15-16H2,1-4H3,(H,30,35). The van der Waals surface area contributed by atoms with Crippen LogP contribution in [0.1, 0.15) is 37.7 Å². The highest BCUT2D eigenvalue weighted by Crippen LogP contribution is 2.35. The number of fused-ring (bicyclic) bond motifs is 1. The van der Waals surface area contributed by atoms with E-state index < -0.39 is 23.8 Å². The van der Waals surface area contributed by atoms with Gasteiger partial charge in [0.2, 0.25) is 0 Å². The van der Waals surface area contributed by atoms with Crippen molar-refractivity contribution in [3.8, 4) is 0 Å². The first-order chi connectivity index (χ1) is 16.6. The van der Waals surface area contributed by atoms with Crippen LogP contribution in [-0.2, 0) is 12.7 Å². The number of nitrogens with zero attached hydrogens (tertiary/aromatic N) is 4. The second-order valence-electron chi connectivity index (χ2n) is 8.43. The van der Waals surface area contributed by atoms with Crippen LogP contribution in [0.2, 0.25) is 0 Å². The molecule has 1 N–H and O–H groups in total. The Balaban J connectivity index is 2.08. The van der Waals surface area contributed by atoms with Crippen molar-refractivity contribution in [2.45, 2.75) is 39.0 Å². The largest absolute Gasteiger partial charge is 0.418 e. The number of para-hydroxylation sites is 2. The number of carbonyl (C=O) groups is 1. The highest BCUT2D eigenvalue weighted by Gasteiger charge is 2.35. The van der Waals surface area contributed by atoms with Crippen molar-refractivity contribution in [1.82, 2.24) is 19.4 Å². The molecule has 2 aromatic carbocycles. The van der Waals surface area contributed by atoms with Gasteiger partial charge in [-0.15, -0.1) is 0 Å². The Morgan fingerprint density at radius 2 is 1.71 bits per heavy atom. The summed E-state index contributed by atoms with van der Waals surface area (Å²) in [6.45, 7) is 4.69. The smallest absolute Gasteiger partial charge is 0.313 e. The molecule has 188 valence electrons. The maximum absolute atomic E-state index is 13.5. The average Bonchev–Trinajstić information content (AvgIpc) is 2.81. The lowest BCUT2D eigenvalue weighted by atomic mass is 10.1. The average molecular weight is 490 g/mol. The van der Waals surface area contributed by atoms with E-state index in [-0.39, 0.29) is 17.8 Å². The molecule has 0 fully saturated rings. The van der Waals surface area contributed by atoms with Crippen molar-refractivity contribution >= 4 is 22.6 Å². The van der Waals surface area contributed by atoms with E-state index in [4.69, 9.17) is 4.98 Å². The van der Waals surface area contributed by atoms with Gasteiger partial charge in [-0.2, -0.15) is 13.2 Å². The van der Waals surface area contributed by atoms with Gasteiger partial charge in [0.15, 0.2) is 0 Å². The Kier molecular flexibility index (Phi) is 8.16. The molecule has 0 bridgehead atoms. The molecular formula is C25H30F3N5O2. The van der Waals surface area contributed by atoms with Gasteiger partial charge in [0.1, 0.15) is 5.82 Å². The molecule has 0 aliphatic heterocycles. The second-order valence-corrected chi connectivity index (χ2v) is 8.43. The third-order valence-electron chi connectivity index (χ3n) is 5.79. The first kappa shape index (κ1) is 26.2. The van der Waals surface area contributed by atoms with Gasteiger partial charge in [-0.05, 0) is 51.7 Å². The summed E-state index contributed by atoms with van der Waals surface area (Å²) in [6, 6.07) is 10.5. The van der Waals surface area contributed by atoms with E-state index in [1.165, 1.54) is 27.7 Å². The van der Waals surface area contributed by atoms with E-state index in [2.05, 4.69) is 5.32 Å². The summed E-state index contributed by atoms with van der Waals surface area (Å²) in [5.41, 5.74) is -0.967. The van der Waals surface area contributed by atoms with Gasteiger partial charge >= 0.3 is 12.2 Å². The zero-order chi connectivity index (χ0) is 25.8. The minimum absolute atomic E-state index is 0.220. The number of amides is 2. The predicted molar refractivity (Wildman–Crippen MR) is 130 cm³/mol. The third kappa shape index (κ3) is 5.82. The third-order valence-corrected chi connectivity index (χ3v) is 5.79. The molecule has 3 rings (SSSR count). The van der Waals surface area contributed by atoms with Crippen molar-refractivity contribution in [3.05, 3.63) is 70.3 Å². The minimum Gasteiger partial charge on any atom is -0.313 e. The fraction of sp³-hybridized carbons (Fsp3) is 0.400. The summed E-state index contributed by atoms with van der Waals surface area (Å²) >= 11 is 0. The topological polar surface area (TPSA) is 70.5 Å². The van der Waals surface area contributed by atoms with E-state index in [9.17, 15) is 22.8 Å². The van der Waals surface area contributed by atoms with Crippen LogP contribution in [0.3, 0.4) is 0 Å². The van der Waals surface area contributed by atoms with Crippen LogP contribution in [0.25, 0.3) is 10.9 Å². The lowest BCUT2D eigenvalue weighted by molar-refractivity contribution is -0.136. The number of nitrogens with one attached hydrogen (secondary N) is 1. The summed E-state index contributed by atoms with van der Waals surface area (Å²) in [4.78, 5) is 34.7. The van der Waals surface area contributed by atoms with Gasteiger partial charge in [0.25, 0.3) is 5.56 Å². The molecule has 0 radical (unpaired) electrons. The zero-order valence-corrected chi connectivity index (χ0v) is 20.3. The molecule has 35 heavy (non-hydrogen) atoms. The molecule has 0 aliphatic carbocycles. The Labute approximate surface area is 202 Å². The monoisotopic (exact) mass is 489 g/mol. The molecule has 1 unspecified atom stereocenters. The van der Waals surface area contributed by atoms with Crippen molar-refractivity contribution in [1.29, 1.82) is 0 Å². The lowest BCUT2D eigenvalue weighted by Crippen LogP contribution is -2.44. The van der Waals surface area contributed by atoms with E-state index in [0.717, 1.165) is 6.07 Å². The molecule has 0 spiro atoms. The number of hydrogen-bond donors (Lipinski definition) is 1. The van der Waals surface area contributed by atoms with Crippen molar-refractivity contribution < 1.29 is 18.0 Å². The van der Waals surface area contributed by atoms with Crippen LogP contribution < -0.4 is 10.9 Å². The van der Waals surface area contributed by atoms with E-state index in [1.807, 2.05) is 32.8 Å². The van der Waals surface area contributed by atoms with Gasteiger partial charge in [0.05, 0.1) is 28.2 Å². The van der Waals surface area contributed by atoms with E-state index in [1.54, 1.807) is 24.3 Å². The second kappa shape index (κ2) is 10.9. The summed E-state index contributed by atoms with van der Waals surface area (Å²) < 4.78 is 42.1. The number of halogens is 3. The molecule has 0 aliphatic rings. The van der Waals surface area contributed by atoms with Gasteiger partial charge in [-0.3, -0.25) is 9.36 Å². The van der Waals surface area contributed by atoms with Crippen LogP contribution in [0, 0.1) is 0 Å². The van der Waals surface area contributed by atoms with Gasteiger partial charge in [0, 0.05) is 19.6 Å². The van der Waals surface area contributed by atoms with Gasteiger partial charge < -0.3 is 15.1 Å². The minimum atomic E-state index is -4.62. The maximum atomic E-state index is 13.5. The fourth-order valence-electron chi connectivity index (χ4n) is 4.02. The summed E-state index contributed by atoms with van der Waals surface area (Å²) in [5, 5.41) is 2.92. The molecule has 3 aromatic rings. The summed E-state index contributed by atoms with van der Waals surface area (Å²) in [7, 11) is 3.68. The van der Waals surface area contributed by atoms with Crippen molar-refractivity contribution in [3.63, 3.8) is 0 Å². The first-order valence-corrected chi connectivity index (χ1v) is 11.5. The van der Waals surface area contributed by atoms with Crippen molar-refractivity contribution in [2.75, 3.05) is 32.5 Å². The SMILES string of the molecule is CCC(c1nc2ccccc2c(=O)n1CC)N(CCN(C)C)C(=O)Nc1ccccc1C(F)(F)F. The van der Waals surface area contributed by atoms with Crippen molar-refractivity contribution in [2.24, 2.45) is 0 Å². The van der Waals surface area contributed by atoms with Crippen LogP contribution in [-0.4, -0.2) is 52.6 Å². The highest BCUT2D eigenvalue weighted by atomic mass is 19.4. The number of benzene rings is 2. The fourth-order valence-corrected chi connectivity index (χ4v) is 4.02. The van der Waals surface area contributed by atoms with Gasteiger partial charge in [-0.1, -0.05) is 31.2 Å². The summed E-state index contributed by atoms with van der Waals surface area (Å²) in [5.74, 6) is 0.400. The zero-order valence-electron chi connectivity index (χ0n) is 20.3. The van der Waals surface area contributed by atoms with Crippen LogP contribution in [0.5, 0.6) is 0 Å². The molecule has 2 amide bonds. The number of anilines is 1. The van der Waals surface area contributed by atoms with Crippen LogP contribution in [0.4, 0.5) is 23.7 Å². The normalized spacial score (nSPS) is 12.7. The molecule has 7 nitrogen and oxygen atoms in total. The van der Waals surface area contributed by atoms with Crippen LogP contribution >= 0.6 is 0 Å². The molecule has 1 atom stereocenters. The predicted octanol–water partition coefficient (Wildman–Crippen LogP) is 4.98. The Morgan fingerprint density at radius 1 is 1.06 bits per heavy atom. The molecular weight excluding hydrogens is 459 g/mol. The Bertz CT molecular complexity index is 1240. The number of likely N-dealkylation sites (N-methyl/N-ethyl adjacent to an activating group) is 1. The van der Waals surface area contributed by atoms with E-state index in [0.29, 0.717) is 36.2 Å². The number of carbonyl (C=O) groups excluding carboxylic acids is 1. The Morgan fingerprint density at radius 3 is 2.34 bits per heavy atom. The quantitative estimate of drug-likeness (QED) is 0.485. The van der Waals surface area contributed by atoms with E-state index >= 15 is 0 Å². The highest BCUT2D eigenvalue weighted by molar-refractivity contribution is 5.90. The maximum Gasteiger partial charge on any atom is 0.418 e. The van der Waals surface area contributed by atoms with Crippen LogP contribution in [0.15, 0.2) is 53.3 Å². The molecule has 0 saturated carbocycles. The number of alkyl halides is 3. The molecule has 1 heterocycles. The number of rotatable bonds is 8. The molecule has 10 heteroatoms. The molecule has 1 aromatic heterocycles. The Hall–Kier alpha value is -3.40. The summed E-state index contributed by atoms with van der Waals surface area (Å²) in [6.07, 6.45) is -4.21. The number of urea groups is 1. The van der Waals surface area contributed by atoms with Gasteiger partial charge in [-0.25, -0.2) is 9.78 Å². The lowest BCUT2D eigenvalue weighted by Gasteiger charge is -2.33. The molecule has 0 saturated heterocycles. The number of aromatic nitrogens is 2. The number of hydrogen-bond acceptors (Lipinski definition) is 4. The first-order valence-electron chi connectivity index (χ1n) is 11.5.